The van der Waals surface area contributed by atoms with E-state index in [1.807, 2.05) is 0 Å². The van der Waals surface area contributed by atoms with Gasteiger partial charge in [0.2, 0.25) is 0 Å². The zero-order chi connectivity index (χ0) is 15.6. The molecule has 1 aromatic carbocycles. The second-order valence-corrected chi connectivity index (χ2v) is 6.60. The highest BCUT2D eigenvalue weighted by Gasteiger charge is 2.42. The van der Waals surface area contributed by atoms with Crippen LogP contribution in [0.1, 0.15) is 43.0 Å². The molecule has 1 amide bonds. The third-order valence-corrected chi connectivity index (χ3v) is 4.47. The third-order valence-electron chi connectivity index (χ3n) is 4.01. The van der Waals surface area contributed by atoms with Crippen LogP contribution >= 0.6 is 15.9 Å². The molecule has 1 aromatic rings. The molecule has 4 nitrogen and oxygen atoms in total. The minimum atomic E-state index is -1.25. The van der Waals surface area contributed by atoms with Crippen LogP contribution in [0, 0.1) is 11.7 Å². The highest BCUT2D eigenvalue weighted by molar-refractivity contribution is 9.10. The number of amides is 1. The molecule has 0 aliphatic heterocycles. The monoisotopic (exact) mass is 357 g/mol. The topological polar surface area (TPSA) is 66.4 Å². The first-order valence-electron chi connectivity index (χ1n) is 6.84. The molecule has 0 unspecified atom stereocenters. The smallest absolute Gasteiger partial charge is 0.329 e. The van der Waals surface area contributed by atoms with Crippen molar-refractivity contribution in [3.8, 4) is 0 Å². The molecule has 114 valence electrons. The van der Waals surface area contributed by atoms with E-state index in [9.17, 15) is 19.1 Å². The number of carbonyl (C=O) groups excluding carboxylic acids is 1. The molecule has 0 radical (unpaired) electrons. The standard InChI is InChI=1S/C15H17BrFNO3/c1-9-2-4-15(5-3-9,14(20)21)18-13(19)10-6-11(16)8-12(17)7-10/h6-9H,2-5H2,1H3,(H,18,19)(H,20,21). The molecule has 2 N–H and O–H groups in total. The van der Waals surface area contributed by atoms with Crippen molar-refractivity contribution in [1.29, 1.82) is 0 Å². The summed E-state index contributed by atoms with van der Waals surface area (Å²) in [5, 5.41) is 12.1. The van der Waals surface area contributed by atoms with E-state index < -0.39 is 23.2 Å². The minimum absolute atomic E-state index is 0.112. The number of carbonyl (C=O) groups is 2. The zero-order valence-electron chi connectivity index (χ0n) is 11.7. The van der Waals surface area contributed by atoms with Gasteiger partial charge >= 0.3 is 5.97 Å². The number of halogens is 2. The van der Waals surface area contributed by atoms with Crippen molar-refractivity contribution in [1.82, 2.24) is 5.32 Å². The maximum atomic E-state index is 13.3. The average molecular weight is 358 g/mol. The fourth-order valence-corrected chi connectivity index (χ4v) is 3.09. The van der Waals surface area contributed by atoms with Gasteiger partial charge in [0.1, 0.15) is 11.4 Å². The maximum absolute atomic E-state index is 13.3. The van der Waals surface area contributed by atoms with Gasteiger partial charge in [-0.2, -0.15) is 0 Å². The van der Waals surface area contributed by atoms with Gasteiger partial charge in [-0.05, 0) is 49.8 Å². The molecule has 0 heterocycles. The number of benzene rings is 1. The lowest BCUT2D eigenvalue weighted by molar-refractivity contribution is -0.146. The van der Waals surface area contributed by atoms with E-state index in [0.717, 1.165) is 18.9 Å². The minimum Gasteiger partial charge on any atom is -0.480 e. The van der Waals surface area contributed by atoms with E-state index >= 15 is 0 Å². The maximum Gasteiger partial charge on any atom is 0.329 e. The second-order valence-electron chi connectivity index (χ2n) is 5.68. The Bertz CT molecular complexity index is 548. The van der Waals surface area contributed by atoms with E-state index in [4.69, 9.17) is 0 Å². The normalized spacial score (nSPS) is 25.4. The van der Waals surface area contributed by atoms with E-state index in [-0.39, 0.29) is 5.56 Å². The molecule has 1 aliphatic rings. The van der Waals surface area contributed by atoms with Gasteiger partial charge in [-0.25, -0.2) is 9.18 Å². The van der Waals surface area contributed by atoms with Crippen molar-refractivity contribution >= 4 is 27.8 Å². The Morgan fingerprint density at radius 2 is 1.95 bits per heavy atom. The first-order chi connectivity index (χ1) is 9.82. The Labute approximate surface area is 130 Å². The lowest BCUT2D eigenvalue weighted by Crippen LogP contribution is -2.56. The van der Waals surface area contributed by atoms with Gasteiger partial charge < -0.3 is 10.4 Å². The van der Waals surface area contributed by atoms with Crippen molar-refractivity contribution in [3.05, 3.63) is 34.1 Å². The molecular formula is C15H17BrFNO3. The molecule has 21 heavy (non-hydrogen) atoms. The first-order valence-corrected chi connectivity index (χ1v) is 7.64. The number of rotatable bonds is 3. The first kappa shape index (κ1) is 15.9. The molecule has 1 saturated carbocycles. The molecular weight excluding hydrogens is 341 g/mol. The number of carboxylic acids is 1. The SMILES string of the molecule is CC1CCC(NC(=O)c2cc(F)cc(Br)c2)(C(=O)O)CC1. The Hall–Kier alpha value is -1.43. The van der Waals surface area contributed by atoms with Crippen molar-refractivity contribution in [2.75, 3.05) is 0 Å². The Balaban J connectivity index is 2.21. The molecule has 0 aromatic heterocycles. The summed E-state index contributed by atoms with van der Waals surface area (Å²) in [6.07, 6.45) is 2.29. The van der Waals surface area contributed by atoms with Gasteiger partial charge in [0.15, 0.2) is 0 Å². The van der Waals surface area contributed by atoms with Crippen LogP contribution in [0.15, 0.2) is 22.7 Å². The van der Waals surface area contributed by atoms with Crippen molar-refractivity contribution in [2.45, 2.75) is 38.1 Å². The van der Waals surface area contributed by atoms with Gasteiger partial charge in [-0.15, -0.1) is 0 Å². The lowest BCUT2D eigenvalue weighted by atomic mass is 9.77. The third kappa shape index (κ3) is 3.61. The average Bonchev–Trinajstić information content (AvgIpc) is 2.40. The highest BCUT2D eigenvalue weighted by atomic mass is 79.9. The van der Waals surface area contributed by atoms with Gasteiger partial charge in [-0.1, -0.05) is 22.9 Å². The van der Waals surface area contributed by atoms with Crippen LogP contribution in [-0.2, 0) is 4.79 Å². The molecule has 6 heteroatoms. The van der Waals surface area contributed by atoms with E-state index in [1.54, 1.807) is 0 Å². The quantitative estimate of drug-likeness (QED) is 0.871. The van der Waals surface area contributed by atoms with Crippen molar-refractivity contribution in [3.63, 3.8) is 0 Å². The molecule has 0 bridgehead atoms. The summed E-state index contributed by atoms with van der Waals surface area (Å²) in [6.45, 7) is 2.07. The van der Waals surface area contributed by atoms with Gasteiger partial charge in [-0.3, -0.25) is 4.79 Å². The van der Waals surface area contributed by atoms with Crippen LogP contribution in [0.4, 0.5) is 4.39 Å². The summed E-state index contributed by atoms with van der Waals surface area (Å²) in [6, 6.07) is 3.81. The molecule has 1 fully saturated rings. The predicted octanol–water partition coefficient (Wildman–Crippen LogP) is 3.35. The number of aliphatic carboxylic acids is 1. The van der Waals surface area contributed by atoms with E-state index in [0.29, 0.717) is 23.2 Å². The van der Waals surface area contributed by atoms with Crippen LogP contribution in [0.3, 0.4) is 0 Å². The van der Waals surface area contributed by atoms with Crippen LogP contribution in [0.25, 0.3) is 0 Å². The summed E-state index contributed by atoms with van der Waals surface area (Å²) < 4.78 is 13.8. The second kappa shape index (κ2) is 6.13. The highest BCUT2D eigenvalue weighted by Crippen LogP contribution is 2.32. The van der Waals surface area contributed by atoms with E-state index in [2.05, 4.69) is 28.2 Å². The van der Waals surface area contributed by atoms with Crippen molar-refractivity contribution < 1.29 is 19.1 Å². The fraction of sp³-hybridized carbons (Fsp3) is 0.467. The fourth-order valence-electron chi connectivity index (χ4n) is 2.62. The number of carboxylic acid groups (broad SMARTS) is 1. The van der Waals surface area contributed by atoms with Gasteiger partial charge in [0, 0.05) is 10.0 Å². The van der Waals surface area contributed by atoms with Gasteiger partial charge in [0.25, 0.3) is 5.91 Å². The van der Waals surface area contributed by atoms with Crippen LogP contribution in [-0.4, -0.2) is 22.5 Å². The van der Waals surface area contributed by atoms with E-state index in [1.165, 1.54) is 12.1 Å². The van der Waals surface area contributed by atoms with Gasteiger partial charge in [0.05, 0.1) is 0 Å². The summed E-state index contributed by atoms with van der Waals surface area (Å²) in [7, 11) is 0. The molecule has 1 aliphatic carbocycles. The van der Waals surface area contributed by atoms with Crippen LogP contribution < -0.4 is 5.32 Å². The lowest BCUT2D eigenvalue weighted by Gasteiger charge is -2.36. The number of hydrogen-bond acceptors (Lipinski definition) is 2. The van der Waals surface area contributed by atoms with Crippen molar-refractivity contribution in [2.24, 2.45) is 5.92 Å². The summed E-state index contributed by atoms with van der Waals surface area (Å²) in [5.41, 5.74) is -1.14. The molecule has 0 spiro atoms. The zero-order valence-corrected chi connectivity index (χ0v) is 13.2. The molecule has 0 atom stereocenters. The summed E-state index contributed by atoms with van der Waals surface area (Å²) >= 11 is 3.12. The molecule has 0 saturated heterocycles. The summed E-state index contributed by atoms with van der Waals surface area (Å²) in [4.78, 5) is 23.8. The number of hydrogen-bond donors (Lipinski definition) is 2. The summed E-state index contributed by atoms with van der Waals surface area (Å²) in [5.74, 6) is -1.68. The molecule has 2 rings (SSSR count). The Kier molecular flexibility index (Phi) is 4.66. The number of nitrogens with one attached hydrogen (secondary N) is 1. The van der Waals surface area contributed by atoms with Crippen LogP contribution in [0.2, 0.25) is 0 Å². The predicted molar refractivity (Wildman–Crippen MR) is 79.6 cm³/mol. The Morgan fingerprint density at radius 3 is 2.48 bits per heavy atom. The largest absolute Gasteiger partial charge is 0.480 e. The Morgan fingerprint density at radius 1 is 1.33 bits per heavy atom. The van der Waals surface area contributed by atoms with Crippen LogP contribution in [0.5, 0.6) is 0 Å².